The maximum absolute atomic E-state index is 11.5. The Morgan fingerprint density at radius 2 is 2.15 bits per heavy atom. The van der Waals surface area contributed by atoms with Gasteiger partial charge >= 0.3 is 5.97 Å². The molecule has 0 amide bonds. The fourth-order valence-corrected chi connectivity index (χ4v) is 1.92. The van der Waals surface area contributed by atoms with Gasteiger partial charge in [0.25, 0.3) is 0 Å². The second-order valence-corrected chi connectivity index (χ2v) is 4.59. The Morgan fingerprint density at radius 1 is 1.35 bits per heavy atom. The number of furan rings is 1. The van der Waals surface area contributed by atoms with Crippen molar-refractivity contribution in [3.8, 4) is 5.88 Å². The molecule has 0 aliphatic heterocycles. The molecule has 0 aliphatic rings. The van der Waals surface area contributed by atoms with E-state index in [2.05, 4.69) is 31.0 Å². The van der Waals surface area contributed by atoms with E-state index in [1.165, 1.54) is 14.2 Å². The lowest BCUT2D eigenvalue weighted by atomic mass is 10.2. The number of aromatic nitrogens is 1. The van der Waals surface area contributed by atoms with Crippen molar-refractivity contribution in [3.63, 3.8) is 0 Å². The molecule has 1 N–H and O–H groups in total. The average Bonchev–Trinajstić information content (AvgIpc) is 2.89. The molecule has 7 heteroatoms. The Kier molecular flexibility index (Phi) is 4.62. The van der Waals surface area contributed by atoms with Crippen molar-refractivity contribution in [2.24, 2.45) is 0 Å². The molecule has 0 saturated heterocycles. The lowest BCUT2D eigenvalue weighted by Crippen LogP contribution is -2.08. The molecule has 0 fully saturated rings. The second-order valence-electron chi connectivity index (χ2n) is 3.80. The van der Waals surface area contributed by atoms with Crippen LogP contribution in [0.4, 0.5) is 5.82 Å². The van der Waals surface area contributed by atoms with E-state index in [1.54, 1.807) is 12.1 Å². The van der Waals surface area contributed by atoms with Crippen LogP contribution in [0.2, 0.25) is 0 Å². The molecular weight excluding hydrogens is 328 g/mol. The van der Waals surface area contributed by atoms with Crippen molar-refractivity contribution in [1.29, 1.82) is 0 Å². The summed E-state index contributed by atoms with van der Waals surface area (Å²) in [5, 5.41) is 3.08. The van der Waals surface area contributed by atoms with Crippen LogP contribution in [0.15, 0.2) is 33.4 Å². The largest absolute Gasteiger partial charge is 0.480 e. The van der Waals surface area contributed by atoms with Gasteiger partial charge in [-0.05, 0) is 40.2 Å². The van der Waals surface area contributed by atoms with E-state index in [1.807, 2.05) is 12.1 Å². The molecule has 0 saturated carbocycles. The molecule has 0 atom stereocenters. The van der Waals surface area contributed by atoms with Gasteiger partial charge < -0.3 is 19.2 Å². The third-order valence-corrected chi connectivity index (χ3v) is 2.96. The number of methoxy groups -OCH3 is 2. The Labute approximate surface area is 124 Å². The lowest BCUT2D eigenvalue weighted by molar-refractivity contribution is 0.0596. The molecule has 6 nitrogen and oxygen atoms in total. The number of esters is 1. The van der Waals surface area contributed by atoms with E-state index in [-0.39, 0.29) is 11.4 Å². The predicted octanol–water partition coefficient (Wildman–Crippen LogP) is 2.84. The third-order valence-electron chi connectivity index (χ3n) is 2.53. The first-order valence-electron chi connectivity index (χ1n) is 5.75. The van der Waals surface area contributed by atoms with Gasteiger partial charge in [-0.15, -0.1) is 0 Å². The average molecular weight is 341 g/mol. The molecular formula is C13H13BrN2O4. The van der Waals surface area contributed by atoms with Crippen LogP contribution in [-0.4, -0.2) is 25.2 Å². The van der Waals surface area contributed by atoms with Crippen LogP contribution in [0.1, 0.15) is 16.1 Å². The highest BCUT2D eigenvalue weighted by Gasteiger charge is 2.14. The van der Waals surface area contributed by atoms with Crippen molar-refractivity contribution in [2.75, 3.05) is 19.5 Å². The summed E-state index contributed by atoms with van der Waals surface area (Å²) in [6, 6.07) is 6.92. The highest BCUT2D eigenvalue weighted by molar-refractivity contribution is 9.10. The van der Waals surface area contributed by atoms with Crippen molar-refractivity contribution in [2.45, 2.75) is 6.54 Å². The molecule has 20 heavy (non-hydrogen) atoms. The van der Waals surface area contributed by atoms with Crippen LogP contribution in [0.5, 0.6) is 5.88 Å². The van der Waals surface area contributed by atoms with Gasteiger partial charge in [-0.3, -0.25) is 0 Å². The first-order valence-corrected chi connectivity index (χ1v) is 6.54. The van der Waals surface area contributed by atoms with Crippen molar-refractivity contribution < 1.29 is 18.7 Å². The minimum Gasteiger partial charge on any atom is -0.480 e. The second kappa shape index (κ2) is 6.42. The number of hydrogen-bond donors (Lipinski definition) is 1. The van der Waals surface area contributed by atoms with E-state index < -0.39 is 5.97 Å². The summed E-state index contributed by atoms with van der Waals surface area (Å²) in [5.74, 6) is 1.05. The Bertz CT molecular complexity index is 612. The smallest absolute Gasteiger partial charge is 0.343 e. The number of anilines is 1. The van der Waals surface area contributed by atoms with Gasteiger partial charge in [0.1, 0.15) is 17.1 Å². The van der Waals surface area contributed by atoms with E-state index in [9.17, 15) is 4.79 Å². The van der Waals surface area contributed by atoms with E-state index >= 15 is 0 Å². The topological polar surface area (TPSA) is 73.6 Å². The molecule has 0 unspecified atom stereocenters. The number of carbonyl (C=O) groups excluding carboxylic acids is 1. The van der Waals surface area contributed by atoms with Crippen LogP contribution in [-0.2, 0) is 11.3 Å². The number of rotatable bonds is 5. The van der Waals surface area contributed by atoms with E-state index in [4.69, 9.17) is 9.15 Å². The van der Waals surface area contributed by atoms with Gasteiger partial charge in [-0.25, -0.2) is 4.79 Å². The Hall–Kier alpha value is -2.02. The number of pyridine rings is 1. The lowest BCUT2D eigenvalue weighted by Gasteiger charge is -2.09. The molecule has 106 valence electrons. The summed E-state index contributed by atoms with van der Waals surface area (Å²) in [4.78, 5) is 15.7. The van der Waals surface area contributed by atoms with Gasteiger partial charge in [-0.1, -0.05) is 0 Å². The van der Waals surface area contributed by atoms with Crippen molar-refractivity contribution in [3.05, 3.63) is 40.3 Å². The first kappa shape index (κ1) is 14.4. The zero-order valence-corrected chi connectivity index (χ0v) is 12.6. The number of halogens is 1. The monoisotopic (exact) mass is 340 g/mol. The maximum atomic E-state index is 11.5. The van der Waals surface area contributed by atoms with Gasteiger partial charge in [0.15, 0.2) is 4.67 Å². The fourth-order valence-electron chi connectivity index (χ4n) is 1.58. The van der Waals surface area contributed by atoms with Gasteiger partial charge in [0.2, 0.25) is 5.88 Å². The summed E-state index contributed by atoms with van der Waals surface area (Å²) >= 11 is 3.23. The van der Waals surface area contributed by atoms with Crippen LogP contribution < -0.4 is 10.1 Å². The number of hydrogen-bond acceptors (Lipinski definition) is 6. The van der Waals surface area contributed by atoms with Crippen LogP contribution in [0.25, 0.3) is 0 Å². The van der Waals surface area contributed by atoms with Gasteiger partial charge in [-0.2, -0.15) is 4.98 Å². The highest BCUT2D eigenvalue weighted by Crippen LogP contribution is 2.20. The molecule has 0 bridgehead atoms. The van der Waals surface area contributed by atoms with Crippen LogP contribution >= 0.6 is 15.9 Å². The quantitative estimate of drug-likeness (QED) is 0.843. The third kappa shape index (κ3) is 3.30. The first-order chi connectivity index (χ1) is 9.63. The van der Waals surface area contributed by atoms with Crippen molar-refractivity contribution in [1.82, 2.24) is 4.98 Å². The molecule has 0 aromatic carbocycles. The number of carbonyl (C=O) groups is 1. The molecule has 0 spiro atoms. The Morgan fingerprint density at radius 3 is 2.75 bits per heavy atom. The fraction of sp³-hybridized carbons (Fsp3) is 0.231. The van der Waals surface area contributed by atoms with Gasteiger partial charge in [0, 0.05) is 0 Å². The Balaban J connectivity index is 2.11. The molecule has 2 rings (SSSR count). The maximum Gasteiger partial charge on any atom is 0.343 e. The van der Waals surface area contributed by atoms with Crippen LogP contribution in [0, 0.1) is 0 Å². The summed E-state index contributed by atoms with van der Waals surface area (Å²) < 4.78 is 15.8. The number of nitrogens with one attached hydrogen (secondary N) is 1. The number of ether oxygens (including phenoxy) is 2. The minimum atomic E-state index is -0.490. The van der Waals surface area contributed by atoms with E-state index in [0.717, 1.165) is 5.76 Å². The summed E-state index contributed by atoms with van der Waals surface area (Å²) in [6.07, 6.45) is 0. The molecule has 0 radical (unpaired) electrons. The number of nitrogens with zero attached hydrogens (tertiary/aromatic N) is 1. The molecule has 2 heterocycles. The minimum absolute atomic E-state index is 0.211. The highest BCUT2D eigenvalue weighted by atomic mass is 79.9. The molecule has 2 aromatic heterocycles. The summed E-state index contributed by atoms with van der Waals surface area (Å²) in [6.45, 7) is 0.472. The summed E-state index contributed by atoms with van der Waals surface area (Å²) in [5.41, 5.74) is 0.279. The zero-order chi connectivity index (χ0) is 14.5. The predicted molar refractivity (Wildman–Crippen MR) is 75.9 cm³/mol. The van der Waals surface area contributed by atoms with Crippen LogP contribution in [0.3, 0.4) is 0 Å². The van der Waals surface area contributed by atoms with Gasteiger partial charge in [0.05, 0.1) is 20.8 Å². The summed E-state index contributed by atoms with van der Waals surface area (Å²) in [7, 11) is 2.75. The van der Waals surface area contributed by atoms with E-state index in [0.29, 0.717) is 17.0 Å². The van der Waals surface area contributed by atoms with Crippen molar-refractivity contribution >= 4 is 27.7 Å². The molecule has 2 aromatic rings. The zero-order valence-electron chi connectivity index (χ0n) is 11.0. The SMILES string of the molecule is COC(=O)c1ccc(NCc2ccc(Br)o2)nc1OC. The molecule has 0 aliphatic carbocycles. The standard InChI is InChI=1S/C13H13BrN2O4/c1-18-12-9(13(17)19-2)4-6-11(16-12)15-7-8-3-5-10(14)20-8/h3-6H,7H2,1-2H3,(H,15,16). The normalized spacial score (nSPS) is 10.2.